The summed E-state index contributed by atoms with van der Waals surface area (Å²) >= 11 is 18.3. The van der Waals surface area contributed by atoms with Crippen molar-refractivity contribution in [3.63, 3.8) is 0 Å². The smallest absolute Gasteiger partial charge is 0.342 e. The van der Waals surface area contributed by atoms with Crippen molar-refractivity contribution < 1.29 is 24.2 Å². The van der Waals surface area contributed by atoms with E-state index >= 15 is 0 Å². The summed E-state index contributed by atoms with van der Waals surface area (Å²) in [5.74, 6) is -1.56. The maximum absolute atomic E-state index is 12.5. The van der Waals surface area contributed by atoms with Gasteiger partial charge in [0, 0.05) is 24.1 Å². The van der Waals surface area contributed by atoms with Crippen molar-refractivity contribution in [2.45, 2.75) is 39.8 Å². The lowest BCUT2D eigenvalue weighted by atomic mass is 10.1. The number of hydrogen-bond donors (Lipinski definition) is 2. The Kier molecular flexibility index (Phi) is 7.27. The van der Waals surface area contributed by atoms with Gasteiger partial charge >= 0.3 is 11.9 Å². The van der Waals surface area contributed by atoms with Crippen molar-refractivity contribution in [3.05, 3.63) is 50.5 Å². The van der Waals surface area contributed by atoms with Crippen LogP contribution < -0.4 is 10.1 Å². The number of hydrogen-bond acceptors (Lipinski definition) is 6. The molecular weight excluding hydrogens is 441 g/mol. The number of phenols is 1. The van der Waals surface area contributed by atoms with Crippen molar-refractivity contribution in [2.24, 2.45) is 0 Å². The summed E-state index contributed by atoms with van der Waals surface area (Å²) in [6.45, 7) is 6.47. The molecule has 0 heterocycles. The Hall–Kier alpha value is -2.15. The topological polar surface area (TPSA) is 84.9 Å². The van der Waals surface area contributed by atoms with Crippen molar-refractivity contribution >= 4 is 52.4 Å². The van der Waals surface area contributed by atoms with E-state index in [9.17, 15) is 14.7 Å². The molecule has 0 unspecified atom stereocenters. The Bertz CT molecular complexity index is 954. The Morgan fingerprint density at radius 2 is 1.79 bits per heavy atom. The van der Waals surface area contributed by atoms with Gasteiger partial charge in [-0.2, -0.15) is 0 Å². The van der Waals surface area contributed by atoms with Crippen molar-refractivity contribution in [2.75, 3.05) is 5.32 Å². The molecule has 0 saturated carbocycles. The number of esters is 2. The largest absolute Gasteiger partial charge is 0.506 e. The van der Waals surface area contributed by atoms with Gasteiger partial charge in [-0.15, -0.1) is 0 Å². The van der Waals surface area contributed by atoms with Crippen LogP contribution in [0.3, 0.4) is 0 Å². The summed E-state index contributed by atoms with van der Waals surface area (Å²) in [4.78, 5) is 24.0. The van der Waals surface area contributed by atoms with Crippen LogP contribution in [0.25, 0.3) is 0 Å². The number of anilines is 1. The Balaban J connectivity index is 2.37. The molecule has 2 rings (SSSR count). The molecule has 29 heavy (non-hydrogen) atoms. The maximum atomic E-state index is 12.5. The monoisotopic (exact) mass is 459 g/mol. The first-order valence-corrected chi connectivity index (χ1v) is 9.67. The fraction of sp³-hybridized carbons (Fsp3) is 0.300. The molecular formula is C20H20Cl3NO5. The number of aromatic hydroxyl groups is 1. The molecule has 0 fully saturated rings. The SMILES string of the molecule is CC(=O)Oc1c(C(=O)OC(C)(C)C)ccc(NCc2cc(Cl)cc(Cl)c2O)c1Cl. The molecule has 0 atom stereocenters. The predicted octanol–water partition coefficient (Wildman–Crippen LogP) is 5.85. The van der Waals surface area contributed by atoms with Gasteiger partial charge in [-0.1, -0.05) is 34.8 Å². The molecule has 0 amide bonds. The van der Waals surface area contributed by atoms with Gasteiger partial charge in [-0.3, -0.25) is 4.79 Å². The highest BCUT2D eigenvalue weighted by Gasteiger charge is 2.25. The quantitative estimate of drug-likeness (QED) is 0.430. The standard InChI is InChI=1S/C20H20Cl3NO5/c1-10(25)28-18-13(19(27)29-20(2,3)4)5-6-15(16(18)23)24-9-11-7-12(21)8-14(22)17(11)26/h5-8,24,26H,9H2,1-4H3. The molecule has 0 aromatic heterocycles. The second-order valence-corrected chi connectivity index (χ2v) is 8.37. The minimum absolute atomic E-state index is 0.0103. The first-order valence-electron chi connectivity index (χ1n) is 8.54. The molecule has 0 bridgehead atoms. The molecule has 0 radical (unpaired) electrons. The molecule has 0 aliphatic rings. The van der Waals surface area contributed by atoms with E-state index in [-0.39, 0.29) is 33.7 Å². The first kappa shape index (κ1) is 23.1. The van der Waals surface area contributed by atoms with Crippen molar-refractivity contribution in [1.29, 1.82) is 0 Å². The zero-order valence-corrected chi connectivity index (χ0v) is 18.5. The van der Waals surface area contributed by atoms with Crippen LogP contribution in [0.1, 0.15) is 43.6 Å². The molecule has 2 aromatic rings. The van der Waals surface area contributed by atoms with Gasteiger partial charge in [-0.05, 0) is 45.0 Å². The highest BCUT2D eigenvalue weighted by atomic mass is 35.5. The maximum Gasteiger partial charge on any atom is 0.342 e. The lowest BCUT2D eigenvalue weighted by Gasteiger charge is -2.21. The van der Waals surface area contributed by atoms with E-state index in [1.807, 2.05) is 0 Å². The van der Waals surface area contributed by atoms with Gasteiger partial charge in [0.1, 0.15) is 21.9 Å². The number of halogens is 3. The minimum Gasteiger partial charge on any atom is -0.506 e. The second-order valence-electron chi connectivity index (χ2n) is 7.15. The molecule has 2 aromatic carbocycles. The number of phenolic OH excluding ortho intramolecular Hbond substituents is 1. The van der Waals surface area contributed by atoms with Gasteiger partial charge in [0.25, 0.3) is 0 Å². The van der Waals surface area contributed by atoms with Crippen LogP contribution in [0.15, 0.2) is 24.3 Å². The molecule has 6 nitrogen and oxygen atoms in total. The average Bonchev–Trinajstić information content (AvgIpc) is 2.57. The molecule has 0 aliphatic carbocycles. The summed E-state index contributed by atoms with van der Waals surface area (Å²) < 4.78 is 10.5. The highest BCUT2D eigenvalue weighted by Crippen LogP contribution is 2.38. The third-order valence-electron chi connectivity index (χ3n) is 3.54. The van der Waals surface area contributed by atoms with Crippen LogP contribution in [0.5, 0.6) is 11.5 Å². The van der Waals surface area contributed by atoms with Gasteiger partial charge in [0.05, 0.1) is 10.7 Å². The number of rotatable bonds is 5. The van der Waals surface area contributed by atoms with Crippen LogP contribution >= 0.6 is 34.8 Å². The summed E-state index contributed by atoms with van der Waals surface area (Å²) in [7, 11) is 0. The van der Waals surface area contributed by atoms with Crippen molar-refractivity contribution in [1.82, 2.24) is 0 Å². The predicted molar refractivity (Wildman–Crippen MR) is 113 cm³/mol. The third-order valence-corrected chi connectivity index (χ3v) is 4.42. The average molecular weight is 461 g/mol. The van der Waals surface area contributed by atoms with Gasteiger partial charge < -0.3 is 19.9 Å². The van der Waals surface area contributed by atoms with E-state index in [1.54, 1.807) is 26.8 Å². The van der Waals surface area contributed by atoms with E-state index in [2.05, 4.69) is 5.32 Å². The van der Waals surface area contributed by atoms with Crippen LogP contribution in [-0.2, 0) is 16.1 Å². The number of nitrogens with one attached hydrogen (secondary N) is 1. The number of carbonyl (C=O) groups excluding carboxylic acids is 2. The van der Waals surface area contributed by atoms with E-state index in [1.165, 1.54) is 25.1 Å². The summed E-state index contributed by atoms with van der Waals surface area (Å²) in [6.07, 6.45) is 0. The molecule has 156 valence electrons. The van der Waals surface area contributed by atoms with Gasteiger partial charge in [0.15, 0.2) is 5.75 Å². The lowest BCUT2D eigenvalue weighted by molar-refractivity contribution is -0.131. The third kappa shape index (κ3) is 6.16. The zero-order valence-electron chi connectivity index (χ0n) is 16.2. The van der Waals surface area contributed by atoms with Crippen molar-refractivity contribution in [3.8, 4) is 11.5 Å². The summed E-state index contributed by atoms with van der Waals surface area (Å²) in [5.41, 5.74) is 0.0750. The molecule has 2 N–H and O–H groups in total. The Morgan fingerprint density at radius 1 is 1.14 bits per heavy atom. The highest BCUT2D eigenvalue weighted by molar-refractivity contribution is 6.36. The molecule has 0 aliphatic heterocycles. The minimum atomic E-state index is -0.739. The van der Waals surface area contributed by atoms with Crippen LogP contribution in [-0.4, -0.2) is 22.6 Å². The lowest BCUT2D eigenvalue weighted by Crippen LogP contribution is -2.24. The first-order chi connectivity index (χ1) is 13.4. The number of carbonyl (C=O) groups is 2. The fourth-order valence-corrected chi connectivity index (χ4v) is 3.18. The second kappa shape index (κ2) is 9.11. The molecule has 9 heteroatoms. The number of benzene rings is 2. The van der Waals surface area contributed by atoms with Crippen LogP contribution in [0, 0.1) is 0 Å². The fourth-order valence-electron chi connectivity index (χ4n) is 2.37. The van der Waals surface area contributed by atoms with Gasteiger partial charge in [-0.25, -0.2) is 4.79 Å². The number of ether oxygens (including phenoxy) is 2. The van der Waals surface area contributed by atoms with Gasteiger partial charge in [0.2, 0.25) is 0 Å². The van der Waals surface area contributed by atoms with E-state index in [0.717, 1.165) is 0 Å². The normalized spacial score (nSPS) is 11.1. The zero-order chi connectivity index (χ0) is 21.9. The van der Waals surface area contributed by atoms with Crippen LogP contribution in [0.4, 0.5) is 5.69 Å². The Morgan fingerprint density at radius 3 is 2.38 bits per heavy atom. The summed E-state index contributed by atoms with van der Waals surface area (Å²) in [5, 5.41) is 13.6. The van der Waals surface area contributed by atoms with E-state index < -0.39 is 17.5 Å². The van der Waals surface area contributed by atoms with E-state index in [0.29, 0.717) is 16.3 Å². The van der Waals surface area contributed by atoms with E-state index in [4.69, 9.17) is 44.3 Å². The van der Waals surface area contributed by atoms with Crippen LogP contribution in [0.2, 0.25) is 15.1 Å². The molecule has 0 saturated heterocycles. The Labute approximate surface area is 183 Å². The molecule has 0 spiro atoms. The summed E-state index contributed by atoms with van der Waals surface area (Å²) in [6, 6.07) is 5.94.